The normalized spacial score (nSPS) is 22.4. The van der Waals surface area contributed by atoms with Gasteiger partial charge < -0.3 is 4.74 Å². The average molecular weight is 469 g/mol. The number of methoxy groups -OCH3 is 1. The zero-order valence-corrected chi connectivity index (χ0v) is 18.5. The van der Waals surface area contributed by atoms with E-state index in [2.05, 4.69) is 0 Å². The molecule has 5 rings (SSSR count). The number of imide groups is 1. The lowest BCUT2D eigenvalue weighted by Crippen LogP contribution is -2.37. The molecule has 0 saturated carbocycles. The molecule has 6 nitrogen and oxygen atoms in total. The van der Waals surface area contributed by atoms with Crippen LogP contribution >= 0.6 is 23.2 Å². The summed E-state index contributed by atoms with van der Waals surface area (Å²) in [6, 6.07) is 20.7. The second-order valence-corrected chi connectivity index (χ2v) is 8.35. The lowest BCUT2D eigenvalue weighted by atomic mass is 9.90. The summed E-state index contributed by atoms with van der Waals surface area (Å²) in [5.41, 5.74) is 1.74. The quantitative estimate of drug-likeness (QED) is 0.501. The lowest BCUT2D eigenvalue weighted by Gasteiger charge is -2.29. The van der Waals surface area contributed by atoms with Crippen LogP contribution in [0.1, 0.15) is 11.6 Å². The smallest absolute Gasteiger partial charge is 0.266 e. The van der Waals surface area contributed by atoms with Crippen molar-refractivity contribution >= 4 is 46.4 Å². The third-order valence-electron chi connectivity index (χ3n) is 5.73. The van der Waals surface area contributed by atoms with Crippen LogP contribution < -0.4 is 14.7 Å². The highest BCUT2D eigenvalue weighted by Crippen LogP contribution is 2.50. The fraction of sp³-hybridized carbons (Fsp3) is 0.167. The molecule has 0 aromatic heterocycles. The Bertz CT molecular complexity index is 1200. The van der Waals surface area contributed by atoms with Gasteiger partial charge in [-0.3, -0.25) is 14.4 Å². The van der Waals surface area contributed by atoms with Gasteiger partial charge in [0.2, 0.25) is 5.91 Å². The van der Waals surface area contributed by atoms with Crippen LogP contribution in [0.4, 0.5) is 11.4 Å². The largest absolute Gasteiger partial charge is 0.495 e. The van der Waals surface area contributed by atoms with Crippen molar-refractivity contribution in [2.24, 2.45) is 5.92 Å². The molecular formula is C24H18Cl2N2O4. The standard InChI is InChI=1S/C24H18Cl2N2O4/c1-31-19-10-6-5-9-18(19)27-23(29)20-21(16-12-11-14(25)13-17(16)26)28(32-22(20)24(27)30)15-7-3-2-4-8-15/h2-13,20-22H,1H3/t20-,21-,22+/m0/s1. The predicted molar refractivity (Wildman–Crippen MR) is 122 cm³/mol. The molecule has 0 radical (unpaired) electrons. The number of carbonyl (C=O) groups is 2. The van der Waals surface area contributed by atoms with Gasteiger partial charge in [-0.05, 0) is 42.0 Å². The molecule has 0 unspecified atom stereocenters. The van der Waals surface area contributed by atoms with Crippen molar-refractivity contribution in [2.45, 2.75) is 12.1 Å². The van der Waals surface area contributed by atoms with E-state index in [0.717, 1.165) is 4.90 Å². The lowest BCUT2D eigenvalue weighted by molar-refractivity contribution is -0.126. The van der Waals surface area contributed by atoms with Crippen LogP contribution in [0.5, 0.6) is 5.75 Å². The minimum atomic E-state index is -0.996. The number of amides is 2. The first-order valence-electron chi connectivity index (χ1n) is 9.98. The van der Waals surface area contributed by atoms with Crippen LogP contribution in [-0.4, -0.2) is 25.0 Å². The molecule has 0 spiro atoms. The Labute approximate surface area is 194 Å². The summed E-state index contributed by atoms with van der Waals surface area (Å²) in [5, 5.41) is 2.47. The number of carbonyl (C=O) groups excluding carboxylic acids is 2. The Hall–Kier alpha value is -3.06. The molecule has 2 aliphatic rings. The molecule has 0 aliphatic carbocycles. The molecule has 2 saturated heterocycles. The van der Waals surface area contributed by atoms with Crippen molar-refractivity contribution in [3.8, 4) is 5.75 Å². The zero-order chi connectivity index (χ0) is 22.4. The molecule has 0 bridgehead atoms. The van der Waals surface area contributed by atoms with Gasteiger partial charge in [0.15, 0.2) is 6.10 Å². The molecule has 2 amide bonds. The number of benzene rings is 3. The van der Waals surface area contributed by atoms with Crippen LogP contribution in [0.15, 0.2) is 72.8 Å². The van der Waals surface area contributed by atoms with E-state index in [4.69, 9.17) is 32.8 Å². The summed E-state index contributed by atoms with van der Waals surface area (Å²) >= 11 is 12.6. The van der Waals surface area contributed by atoms with Gasteiger partial charge in [0.1, 0.15) is 11.7 Å². The van der Waals surface area contributed by atoms with Gasteiger partial charge in [-0.1, -0.05) is 59.6 Å². The minimum absolute atomic E-state index is 0.376. The van der Waals surface area contributed by atoms with Gasteiger partial charge in [-0.15, -0.1) is 0 Å². The van der Waals surface area contributed by atoms with E-state index in [9.17, 15) is 9.59 Å². The molecule has 8 heteroatoms. The summed E-state index contributed by atoms with van der Waals surface area (Å²) in [7, 11) is 1.49. The van der Waals surface area contributed by atoms with Crippen LogP contribution in [0.2, 0.25) is 10.0 Å². The maximum atomic E-state index is 13.7. The first-order valence-corrected chi connectivity index (χ1v) is 10.7. The number of hydroxylamine groups is 1. The molecule has 32 heavy (non-hydrogen) atoms. The second kappa shape index (κ2) is 8.13. The van der Waals surface area contributed by atoms with Crippen molar-refractivity contribution in [3.63, 3.8) is 0 Å². The fourth-order valence-corrected chi connectivity index (χ4v) is 4.84. The number of ether oxygens (including phenoxy) is 1. The maximum absolute atomic E-state index is 13.7. The van der Waals surface area contributed by atoms with Gasteiger partial charge in [0, 0.05) is 10.0 Å². The third kappa shape index (κ3) is 3.23. The topological polar surface area (TPSA) is 59.1 Å². The zero-order valence-electron chi connectivity index (χ0n) is 16.9. The van der Waals surface area contributed by atoms with Crippen molar-refractivity contribution < 1.29 is 19.2 Å². The summed E-state index contributed by atoms with van der Waals surface area (Å²) in [6.45, 7) is 0. The van der Waals surface area contributed by atoms with E-state index in [1.54, 1.807) is 47.5 Å². The second-order valence-electron chi connectivity index (χ2n) is 7.51. The van der Waals surface area contributed by atoms with Crippen molar-refractivity contribution in [3.05, 3.63) is 88.4 Å². The summed E-state index contributed by atoms with van der Waals surface area (Å²) in [4.78, 5) is 34.3. The molecule has 3 aromatic rings. The molecule has 3 aromatic carbocycles. The van der Waals surface area contributed by atoms with Gasteiger partial charge in [0.05, 0.1) is 24.5 Å². The number of rotatable bonds is 4. The van der Waals surface area contributed by atoms with Gasteiger partial charge in [0.25, 0.3) is 5.91 Å². The Kier molecular flexibility index (Phi) is 5.29. The summed E-state index contributed by atoms with van der Waals surface area (Å²) in [6.07, 6.45) is -0.996. The maximum Gasteiger partial charge on any atom is 0.266 e. The first kappa shape index (κ1) is 20.8. The van der Waals surface area contributed by atoms with Gasteiger partial charge in [-0.2, -0.15) is 0 Å². The average Bonchev–Trinajstić information content (AvgIpc) is 3.30. The highest BCUT2D eigenvalue weighted by Gasteiger charge is 2.61. The monoisotopic (exact) mass is 468 g/mol. The van der Waals surface area contributed by atoms with Crippen molar-refractivity contribution in [1.29, 1.82) is 0 Å². The number of halogens is 2. The van der Waals surface area contributed by atoms with E-state index in [1.807, 2.05) is 30.3 Å². The minimum Gasteiger partial charge on any atom is -0.495 e. The molecule has 3 atom stereocenters. The van der Waals surface area contributed by atoms with Crippen molar-refractivity contribution in [2.75, 3.05) is 17.1 Å². The number of nitrogens with zero attached hydrogens (tertiary/aromatic N) is 2. The molecule has 0 N–H and O–H groups in total. The van der Waals surface area contributed by atoms with Crippen LogP contribution in [0.3, 0.4) is 0 Å². The predicted octanol–water partition coefficient (Wildman–Crippen LogP) is 5.05. The Morgan fingerprint density at radius 2 is 1.62 bits per heavy atom. The number of hydrogen-bond acceptors (Lipinski definition) is 5. The Balaban J connectivity index is 1.62. The van der Waals surface area contributed by atoms with E-state index in [1.165, 1.54) is 7.11 Å². The fourth-order valence-electron chi connectivity index (χ4n) is 4.32. The van der Waals surface area contributed by atoms with Crippen LogP contribution in [0, 0.1) is 5.92 Å². The van der Waals surface area contributed by atoms with E-state index < -0.39 is 24.0 Å². The summed E-state index contributed by atoms with van der Waals surface area (Å²) in [5.74, 6) is -1.20. The number of hydrogen-bond donors (Lipinski definition) is 0. The highest BCUT2D eigenvalue weighted by molar-refractivity contribution is 6.35. The number of fused-ring (bicyclic) bond motifs is 1. The van der Waals surface area contributed by atoms with Crippen LogP contribution in [-0.2, 0) is 14.4 Å². The third-order valence-corrected chi connectivity index (χ3v) is 6.30. The molecule has 2 fully saturated rings. The molecule has 2 heterocycles. The molecule has 162 valence electrons. The van der Waals surface area contributed by atoms with Gasteiger partial charge in [-0.25, -0.2) is 9.96 Å². The Morgan fingerprint density at radius 3 is 2.34 bits per heavy atom. The van der Waals surface area contributed by atoms with Crippen LogP contribution in [0.25, 0.3) is 0 Å². The van der Waals surface area contributed by atoms with E-state index >= 15 is 0 Å². The molecular weight excluding hydrogens is 451 g/mol. The summed E-state index contributed by atoms with van der Waals surface area (Å²) < 4.78 is 5.38. The van der Waals surface area contributed by atoms with E-state index in [-0.39, 0.29) is 5.91 Å². The van der Waals surface area contributed by atoms with Crippen molar-refractivity contribution in [1.82, 2.24) is 0 Å². The Morgan fingerprint density at radius 1 is 0.906 bits per heavy atom. The SMILES string of the molecule is COc1ccccc1N1C(=O)[C@@H]2[C@@H](ON(c3ccccc3)[C@H]2c2ccc(Cl)cc2Cl)C1=O. The highest BCUT2D eigenvalue weighted by atomic mass is 35.5. The van der Waals surface area contributed by atoms with Gasteiger partial charge >= 0.3 is 0 Å². The van der Waals surface area contributed by atoms with E-state index in [0.29, 0.717) is 32.7 Å². The number of para-hydroxylation sites is 3. The molecule has 2 aliphatic heterocycles. The number of anilines is 2. The first-order chi connectivity index (χ1) is 15.5.